The van der Waals surface area contributed by atoms with Crippen LogP contribution < -0.4 is 5.73 Å². The van der Waals surface area contributed by atoms with Crippen molar-refractivity contribution in [1.82, 2.24) is 4.90 Å². The van der Waals surface area contributed by atoms with Crippen LogP contribution in [0.1, 0.15) is 25.7 Å². The van der Waals surface area contributed by atoms with Gasteiger partial charge in [0.05, 0.1) is 13.2 Å². The normalized spacial score (nSPS) is 36.8. The first-order valence-electron chi connectivity index (χ1n) is 6.69. The van der Waals surface area contributed by atoms with Gasteiger partial charge in [-0.3, -0.25) is 0 Å². The molecule has 1 aliphatic carbocycles. The zero-order valence-electron chi connectivity index (χ0n) is 10.4. The predicted octanol–water partition coefficient (Wildman–Crippen LogP) is 1.08. The summed E-state index contributed by atoms with van der Waals surface area (Å²) < 4.78 is 5.58. The van der Waals surface area contributed by atoms with Gasteiger partial charge >= 0.3 is 0 Å². The Morgan fingerprint density at radius 3 is 2.56 bits per heavy atom. The van der Waals surface area contributed by atoms with Crippen LogP contribution in [-0.4, -0.2) is 44.8 Å². The van der Waals surface area contributed by atoms with E-state index in [1.807, 2.05) is 0 Å². The molecule has 3 nitrogen and oxygen atoms in total. The Balaban J connectivity index is 1.79. The van der Waals surface area contributed by atoms with Crippen LogP contribution in [-0.2, 0) is 4.74 Å². The molecular weight excluding hydrogens is 200 g/mol. The molecule has 0 aromatic carbocycles. The zero-order chi connectivity index (χ0) is 11.2. The van der Waals surface area contributed by atoms with Crippen LogP contribution in [0.5, 0.6) is 0 Å². The lowest BCUT2D eigenvalue weighted by Crippen LogP contribution is -2.59. The summed E-state index contributed by atoms with van der Waals surface area (Å²) in [7, 11) is 2.25. The molecular formula is C13H24N2O. The molecule has 3 rings (SSSR count). The first kappa shape index (κ1) is 11.0. The summed E-state index contributed by atoms with van der Waals surface area (Å²) in [5.41, 5.74) is 6.93. The van der Waals surface area contributed by atoms with E-state index in [9.17, 15) is 0 Å². The van der Waals surface area contributed by atoms with Crippen LogP contribution in [0, 0.1) is 16.7 Å². The summed E-state index contributed by atoms with van der Waals surface area (Å²) in [6.07, 6.45) is 5.42. The first-order chi connectivity index (χ1) is 7.72. The van der Waals surface area contributed by atoms with E-state index in [0.29, 0.717) is 10.8 Å². The van der Waals surface area contributed by atoms with E-state index < -0.39 is 0 Å². The van der Waals surface area contributed by atoms with Crippen molar-refractivity contribution < 1.29 is 4.74 Å². The average molecular weight is 224 g/mol. The highest BCUT2D eigenvalue weighted by molar-refractivity contribution is 5.13. The van der Waals surface area contributed by atoms with Gasteiger partial charge in [-0.25, -0.2) is 0 Å². The Bertz CT molecular complexity index is 271. The summed E-state index contributed by atoms with van der Waals surface area (Å²) >= 11 is 0. The summed E-state index contributed by atoms with van der Waals surface area (Å²) in [5.74, 6) is 0.825. The molecule has 0 aromatic rings. The molecule has 2 aliphatic heterocycles. The van der Waals surface area contributed by atoms with E-state index in [1.54, 1.807) is 0 Å². The second kappa shape index (κ2) is 3.69. The first-order valence-corrected chi connectivity index (χ1v) is 6.69. The van der Waals surface area contributed by atoms with Gasteiger partial charge < -0.3 is 15.4 Å². The van der Waals surface area contributed by atoms with Gasteiger partial charge in [0.25, 0.3) is 0 Å². The Hall–Kier alpha value is -0.120. The topological polar surface area (TPSA) is 38.5 Å². The van der Waals surface area contributed by atoms with Crippen molar-refractivity contribution in [1.29, 1.82) is 0 Å². The molecule has 3 aliphatic rings. The van der Waals surface area contributed by atoms with Gasteiger partial charge in [-0.05, 0) is 57.2 Å². The maximum atomic E-state index is 6.04. The standard InChI is InChI=1S/C13H24N2O/c1-15-6-2-3-11(7-15)13(9-16-10-13)12(8-14)4-5-12/h11H,2-10,14H2,1H3. The van der Waals surface area contributed by atoms with Gasteiger partial charge in [0.1, 0.15) is 0 Å². The smallest absolute Gasteiger partial charge is 0.0553 e. The number of likely N-dealkylation sites (tertiary alicyclic amines) is 1. The number of nitrogens with zero attached hydrogens (tertiary/aromatic N) is 1. The molecule has 3 heteroatoms. The molecule has 92 valence electrons. The van der Waals surface area contributed by atoms with Gasteiger partial charge in [0, 0.05) is 12.0 Å². The minimum Gasteiger partial charge on any atom is -0.380 e. The average Bonchev–Trinajstić information content (AvgIpc) is 2.98. The largest absolute Gasteiger partial charge is 0.380 e. The number of ether oxygens (including phenoxy) is 1. The Morgan fingerprint density at radius 1 is 1.38 bits per heavy atom. The molecule has 2 N–H and O–H groups in total. The third-order valence-electron chi connectivity index (χ3n) is 5.43. The van der Waals surface area contributed by atoms with Crippen LogP contribution in [0.25, 0.3) is 0 Å². The summed E-state index contributed by atoms with van der Waals surface area (Å²) in [4.78, 5) is 2.49. The number of nitrogens with two attached hydrogens (primary N) is 1. The number of rotatable bonds is 3. The van der Waals surface area contributed by atoms with Crippen molar-refractivity contribution in [2.75, 3.05) is 39.9 Å². The lowest BCUT2D eigenvalue weighted by molar-refractivity contribution is -0.194. The van der Waals surface area contributed by atoms with Crippen LogP contribution in [0.2, 0.25) is 0 Å². The SMILES string of the molecule is CN1CCCC(C2(C3(CN)CC3)COC2)C1. The van der Waals surface area contributed by atoms with Gasteiger partial charge in [0.15, 0.2) is 0 Å². The van der Waals surface area contributed by atoms with E-state index in [-0.39, 0.29) is 0 Å². The molecule has 1 unspecified atom stereocenters. The molecule has 0 spiro atoms. The number of hydrogen-bond acceptors (Lipinski definition) is 3. The Labute approximate surface area is 98.3 Å². The fourth-order valence-corrected chi connectivity index (χ4v) is 3.97. The highest BCUT2D eigenvalue weighted by Gasteiger charge is 2.64. The van der Waals surface area contributed by atoms with E-state index in [2.05, 4.69) is 11.9 Å². The molecule has 0 aromatic heterocycles. The number of hydrogen-bond donors (Lipinski definition) is 1. The van der Waals surface area contributed by atoms with E-state index in [0.717, 1.165) is 25.7 Å². The summed E-state index contributed by atoms with van der Waals surface area (Å²) in [6.45, 7) is 5.34. The maximum absolute atomic E-state index is 6.04. The fraction of sp³-hybridized carbons (Fsp3) is 1.00. The lowest BCUT2D eigenvalue weighted by atomic mass is 9.60. The molecule has 16 heavy (non-hydrogen) atoms. The highest BCUT2D eigenvalue weighted by atomic mass is 16.5. The predicted molar refractivity (Wildman–Crippen MR) is 64.2 cm³/mol. The highest BCUT2D eigenvalue weighted by Crippen LogP contribution is 2.65. The van der Waals surface area contributed by atoms with Crippen molar-refractivity contribution in [2.45, 2.75) is 25.7 Å². The van der Waals surface area contributed by atoms with Crippen LogP contribution in [0.3, 0.4) is 0 Å². The van der Waals surface area contributed by atoms with E-state index in [1.165, 1.54) is 38.8 Å². The minimum atomic E-state index is 0.441. The molecule has 0 radical (unpaired) electrons. The van der Waals surface area contributed by atoms with Crippen LogP contribution in [0.4, 0.5) is 0 Å². The molecule has 0 amide bonds. The third kappa shape index (κ3) is 1.38. The quantitative estimate of drug-likeness (QED) is 0.780. The fourth-order valence-electron chi connectivity index (χ4n) is 3.97. The third-order valence-corrected chi connectivity index (χ3v) is 5.43. The van der Waals surface area contributed by atoms with Crippen molar-refractivity contribution >= 4 is 0 Å². The summed E-state index contributed by atoms with van der Waals surface area (Å²) in [6, 6.07) is 0. The summed E-state index contributed by atoms with van der Waals surface area (Å²) in [5, 5.41) is 0. The number of piperidine rings is 1. The second-order valence-corrected chi connectivity index (χ2v) is 6.23. The zero-order valence-corrected chi connectivity index (χ0v) is 10.4. The molecule has 1 saturated carbocycles. The monoisotopic (exact) mass is 224 g/mol. The van der Waals surface area contributed by atoms with Crippen LogP contribution >= 0.6 is 0 Å². The van der Waals surface area contributed by atoms with Crippen molar-refractivity contribution in [3.8, 4) is 0 Å². The minimum absolute atomic E-state index is 0.441. The van der Waals surface area contributed by atoms with Crippen LogP contribution in [0.15, 0.2) is 0 Å². The molecule has 3 fully saturated rings. The van der Waals surface area contributed by atoms with Gasteiger partial charge in [-0.15, -0.1) is 0 Å². The second-order valence-electron chi connectivity index (χ2n) is 6.23. The van der Waals surface area contributed by atoms with Gasteiger partial charge in [-0.1, -0.05) is 0 Å². The lowest BCUT2D eigenvalue weighted by Gasteiger charge is -2.55. The van der Waals surface area contributed by atoms with E-state index in [4.69, 9.17) is 10.5 Å². The van der Waals surface area contributed by atoms with Gasteiger partial charge in [-0.2, -0.15) is 0 Å². The van der Waals surface area contributed by atoms with Gasteiger partial charge in [0.2, 0.25) is 0 Å². The Kier molecular flexibility index (Phi) is 2.54. The van der Waals surface area contributed by atoms with Crippen molar-refractivity contribution in [2.24, 2.45) is 22.5 Å². The maximum Gasteiger partial charge on any atom is 0.0553 e. The molecule has 1 atom stereocenters. The van der Waals surface area contributed by atoms with Crippen molar-refractivity contribution in [3.05, 3.63) is 0 Å². The van der Waals surface area contributed by atoms with E-state index >= 15 is 0 Å². The molecule has 0 bridgehead atoms. The molecule has 2 heterocycles. The van der Waals surface area contributed by atoms with Crippen molar-refractivity contribution in [3.63, 3.8) is 0 Å². The Morgan fingerprint density at radius 2 is 2.12 bits per heavy atom. The molecule has 2 saturated heterocycles.